The molecule has 0 aromatic rings. The number of carbonyl (C=O) groups is 1. The highest BCUT2D eigenvalue weighted by Gasteiger charge is 1.70. The lowest BCUT2D eigenvalue weighted by atomic mass is 10.4. The van der Waals surface area contributed by atoms with Gasteiger partial charge in [-0.25, -0.2) is 0 Å². The number of rotatable bonds is 1. The average Bonchev–Trinajstić information content (AvgIpc) is 2.67. The minimum Gasteiger partial charge on any atom is -0.295 e. The van der Waals surface area contributed by atoms with Crippen LogP contribution < -0.4 is 0 Å². The molecule has 16 heavy (non-hydrogen) atoms. The Morgan fingerprint density at radius 1 is 1.00 bits per heavy atom. The molecule has 0 amide bonds. The van der Waals surface area contributed by atoms with E-state index in [2.05, 4.69) is 30.9 Å². The van der Waals surface area contributed by atoms with Gasteiger partial charge >= 0.3 is 0 Å². The molecule has 0 heterocycles. The van der Waals surface area contributed by atoms with E-state index in [-0.39, 0.29) is 5.78 Å². The van der Waals surface area contributed by atoms with Crippen molar-refractivity contribution in [2.24, 2.45) is 0 Å². The monoisotopic (exact) mass is 222 g/mol. The summed E-state index contributed by atoms with van der Waals surface area (Å²) in [4.78, 5) is 9.69. The second-order valence-corrected chi connectivity index (χ2v) is 2.29. The Morgan fingerprint density at radius 2 is 1.31 bits per heavy atom. The van der Waals surface area contributed by atoms with Crippen molar-refractivity contribution in [1.29, 1.82) is 0 Å². The van der Waals surface area contributed by atoms with Gasteiger partial charge in [0.15, 0.2) is 5.78 Å². The molecule has 1 rings (SSSR count). The summed E-state index contributed by atoms with van der Waals surface area (Å²) < 4.78 is 0. The van der Waals surface area contributed by atoms with E-state index in [0.29, 0.717) is 0 Å². The summed E-state index contributed by atoms with van der Waals surface area (Å²) in [5.41, 5.74) is 0. The van der Waals surface area contributed by atoms with Crippen LogP contribution in [0, 0.1) is 0 Å². The normalized spacial score (nSPS) is 10.3. The van der Waals surface area contributed by atoms with Gasteiger partial charge in [0, 0.05) is 0 Å². The second kappa shape index (κ2) is 23.4. The maximum atomic E-state index is 9.69. The van der Waals surface area contributed by atoms with Gasteiger partial charge < -0.3 is 0 Å². The fraction of sp³-hybridized carbons (Fsp3) is 0.400. The first-order valence-corrected chi connectivity index (χ1v) is 5.88. The highest BCUT2D eigenvalue weighted by molar-refractivity contribution is 5.86. The van der Waals surface area contributed by atoms with E-state index in [4.69, 9.17) is 0 Å². The Labute approximate surface area is 101 Å². The zero-order valence-corrected chi connectivity index (χ0v) is 11.4. The van der Waals surface area contributed by atoms with Crippen LogP contribution in [-0.2, 0) is 4.79 Å². The first kappa shape index (κ1) is 20.1. The van der Waals surface area contributed by atoms with Gasteiger partial charge in [-0.15, -0.1) is 0 Å². The molecule has 0 aliphatic heterocycles. The fourth-order valence-corrected chi connectivity index (χ4v) is 0.521. The molecule has 0 aromatic heterocycles. The van der Waals surface area contributed by atoms with Crippen LogP contribution in [0.5, 0.6) is 0 Å². The number of allylic oxidation sites excluding steroid dienone is 7. The first-order chi connectivity index (χ1) is 7.77. The highest BCUT2D eigenvalue weighted by Crippen LogP contribution is 1.91. The molecule has 0 spiro atoms. The highest BCUT2D eigenvalue weighted by atomic mass is 16.1. The molecule has 0 bridgehead atoms. The van der Waals surface area contributed by atoms with Crippen molar-refractivity contribution in [2.45, 2.75) is 41.0 Å². The predicted octanol–water partition coefficient (Wildman–Crippen LogP) is 4.87. The minimum absolute atomic E-state index is 0.0185. The van der Waals surface area contributed by atoms with Gasteiger partial charge in [-0.2, -0.15) is 0 Å². The maximum Gasteiger partial charge on any atom is 0.152 e. The maximum absolute atomic E-state index is 9.69. The van der Waals surface area contributed by atoms with Crippen LogP contribution in [0.4, 0.5) is 0 Å². The van der Waals surface area contributed by atoms with E-state index in [0.717, 1.165) is 6.42 Å². The summed E-state index contributed by atoms with van der Waals surface area (Å²) in [5, 5.41) is 0. The molecule has 1 aliphatic rings. The molecule has 1 heteroatoms. The number of hydrogen-bond donors (Lipinski definition) is 0. The van der Waals surface area contributed by atoms with Crippen molar-refractivity contribution in [2.75, 3.05) is 0 Å². The zero-order valence-electron chi connectivity index (χ0n) is 11.4. The topological polar surface area (TPSA) is 17.1 Å². The van der Waals surface area contributed by atoms with Crippen LogP contribution >= 0.6 is 0 Å². The minimum atomic E-state index is 0.0185. The Morgan fingerprint density at radius 3 is 1.56 bits per heavy atom. The Kier molecular flexibility index (Phi) is 29.4. The van der Waals surface area contributed by atoms with Crippen molar-refractivity contribution >= 4 is 5.78 Å². The molecule has 1 nitrogen and oxygen atoms in total. The average molecular weight is 222 g/mol. The van der Waals surface area contributed by atoms with Crippen LogP contribution in [0.2, 0.25) is 0 Å². The van der Waals surface area contributed by atoms with Crippen LogP contribution in [-0.4, -0.2) is 5.78 Å². The van der Waals surface area contributed by atoms with Gasteiger partial charge in [-0.05, 0) is 19.4 Å². The predicted molar refractivity (Wildman–Crippen MR) is 75.6 cm³/mol. The molecule has 0 saturated heterocycles. The summed E-state index contributed by atoms with van der Waals surface area (Å²) in [6.45, 7) is 12.7. The van der Waals surface area contributed by atoms with E-state index in [9.17, 15) is 4.79 Å². The third-order valence-corrected chi connectivity index (χ3v) is 1.17. The molecule has 0 unspecified atom stereocenters. The van der Waals surface area contributed by atoms with E-state index < -0.39 is 0 Å². The molecular weight excluding hydrogens is 196 g/mol. The number of hydrogen-bond acceptors (Lipinski definition) is 1. The summed E-state index contributed by atoms with van der Waals surface area (Å²) in [5.74, 6) is 0.0185. The standard InChI is InChI=1S/C7H8.C4H6O.2C2H6/c1-2-4-6-7-5-3-1;1-3-4(2)5;2*1-2/h1-6H,7H2;3H,1H2,2H3;2*1-2H3. The van der Waals surface area contributed by atoms with Crippen molar-refractivity contribution in [3.05, 3.63) is 49.1 Å². The van der Waals surface area contributed by atoms with Crippen molar-refractivity contribution in [3.8, 4) is 0 Å². The van der Waals surface area contributed by atoms with Crippen LogP contribution in [0.25, 0.3) is 0 Å². The van der Waals surface area contributed by atoms with E-state index >= 15 is 0 Å². The quantitative estimate of drug-likeness (QED) is 0.578. The zero-order chi connectivity index (χ0) is 13.2. The smallest absolute Gasteiger partial charge is 0.152 e. The molecule has 92 valence electrons. The summed E-state index contributed by atoms with van der Waals surface area (Å²) >= 11 is 0. The molecule has 0 atom stereocenters. The molecule has 1 aliphatic carbocycles. The molecular formula is C15H26O. The van der Waals surface area contributed by atoms with E-state index in [1.807, 2.05) is 39.8 Å². The van der Waals surface area contributed by atoms with E-state index in [1.54, 1.807) is 0 Å². The lowest BCUT2D eigenvalue weighted by Gasteiger charge is -1.69. The summed E-state index contributed by atoms with van der Waals surface area (Å²) in [7, 11) is 0. The lowest BCUT2D eigenvalue weighted by Crippen LogP contribution is -1.74. The Bertz CT molecular complexity index is 206. The Hall–Kier alpha value is -1.37. The summed E-state index contributed by atoms with van der Waals surface area (Å²) in [6.07, 6.45) is 14.8. The third-order valence-electron chi connectivity index (χ3n) is 1.17. The van der Waals surface area contributed by atoms with Crippen LogP contribution in [0.3, 0.4) is 0 Å². The summed E-state index contributed by atoms with van der Waals surface area (Å²) in [6, 6.07) is 0. The molecule has 0 radical (unpaired) electrons. The number of ketones is 1. The van der Waals surface area contributed by atoms with E-state index in [1.165, 1.54) is 13.0 Å². The number of carbonyl (C=O) groups excluding carboxylic acids is 1. The van der Waals surface area contributed by atoms with Gasteiger partial charge in [0.1, 0.15) is 0 Å². The van der Waals surface area contributed by atoms with Gasteiger partial charge in [0.25, 0.3) is 0 Å². The Balaban J connectivity index is -0.000000167. The van der Waals surface area contributed by atoms with Gasteiger partial charge in [0.05, 0.1) is 0 Å². The van der Waals surface area contributed by atoms with Crippen LogP contribution in [0.1, 0.15) is 41.0 Å². The van der Waals surface area contributed by atoms with Crippen molar-refractivity contribution in [3.63, 3.8) is 0 Å². The molecule has 0 saturated carbocycles. The van der Waals surface area contributed by atoms with Gasteiger partial charge in [-0.3, -0.25) is 4.79 Å². The fourth-order valence-electron chi connectivity index (χ4n) is 0.521. The van der Waals surface area contributed by atoms with Gasteiger partial charge in [0.2, 0.25) is 0 Å². The molecule has 0 aromatic carbocycles. The van der Waals surface area contributed by atoms with Crippen LogP contribution in [0.15, 0.2) is 49.1 Å². The molecule has 0 fully saturated rings. The second-order valence-electron chi connectivity index (χ2n) is 2.29. The first-order valence-electron chi connectivity index (χ1n) is 5.88. The van der Waals surface area contributed by atoms with Crippen molar-refractivity contribution in [1.82, 2.24) is 0 Å². The lowest BCUT2D eigenvalue weighted by molar-refractivity contribution is -0.112. The third kappa shape index (κ3) is 29.3. The molecule has 0 N–H and O–H groups in total. The van der Waals surface area contributed by atoms with Gasteiger partial charge in [-0.1, -0.05) is 70.7 Å². The van der Waals surface area contributed by atoms with Crippen molar-refractivity contribution < 1.29 is 4.79 Å². The SMILES string of the molecule is C1=CC=CCC=C1.C=CC(C)=O.CC.CC. The largest absolute Gasteiger partial charge is 0.295 e.